The second-order valence-corrected chi connectivity index (χ2v) is 7.29. The first-order valence-corrected chi connectivity index (χ1v) is 7.18. The summed E-state index contributed by atoms with van der Waals surface area (Å²) in [5.41, 5.74) is 10.5. The van der Waals surface area contributed by atoms with Crippen LogP contribution in [0.5, 0.6) is 0 Å². The largest absolute Gasteiger partial charge is 0.343 e. The molecule has 2 unspecified atom stereocenters. The van der Waals surface area contributed by atoms with Crippen LogP contribution in [-0.4, -0.2) is 14.1 Å². The molecule has 0 aliphatic heterocycles. The minimum Gasteiger partial charge on any atom is -0.269 e. The van der Waals surface area contributed by atoms with Gasteiger partial charge in [-0.2, -0.15) is 0 Å². The highest BCUT2D eigenvalue weighted by Crippen LogP contribution is 2.49. The lowest BCUT2D eigenvalue weighted by Crippen LogP contribution is -2.19. The summed E-state index contributed by atoms with van der Waals surface area (Å²) in [5.74, 6) is 0. The van der Waals surface area contributed by atoms with Crippen molar-refractivity contribution in [3.8, 4) is 0 Å². The molecule has 0 radical (unpaired) electrons. The fraction of sp³-hybridized carbons (Fsp3) is 1.00. The SMILES string of the molecule is CNP(N)(=O)OP(N)(=S)NC. The Hall–Kier alpha value is 0.680. The average Bonchev–Trinajstić information content (AvgIpc) is 1.86. The molecular formula is C2H12N4O2P2S. The molecule has 0 rings (SSSR count). The van der Waals surface area contributed by atoms with Gasteiger partial charge in [0.25, 0.3) is 0 Å². The molecule has 0 aliphatic rings. The molecule has 0 heterocycles. The Kier molecular flexibility index (Phi) is 4.32. The summed E-state index contributed by atoms with van der Waals surface area (Å²) >= 11 is 4.72. The molecule has 0 aromatic heterocycles. The Labute approximate surface area is 70.8 Å². The Morgan fingerprint density at radius 2 is 1.82 bits per heavy atom. The van der Waals surface area contributed by atoms with E-state index in [0.29, 0.717) is 0 Å². The molecule has 9 heteroatoms. The lowest BCUT2D eigenvalue weighted by atomic mass is 11.6. The molecule has 0 amide bonds. The van der Waals surface area contributed by atoms with Crippen molar-refractivity contribution in [2.24, 2.45) is 11.0 Å². The Morgan fingerprint density at radius 1 is 1.36 bits per heavy atom. The van der Waals surface area contributed by atoms with E-state index in [4.69, 9.17) is 27.1 Å². The second-order valence-electron chi connectivity index (χ2n) is 1.72. The van der Waals surface area contributed by atoms with Crippen LogP contribution in [0.15, 0.2) is 0 Å². The first-order chi connectivity index (χ1) is 4.83. The van der Waals surface area contributed by atoms with Crippen LogP contribution in [0.25, 0.3) is 0 Å². The van der Waals surface area contributed by atoms with Crippen molar-refractivity contribution in [1.82, 2.24) is 10.2 Å². The average molecular weight is 218 g/mol. The number of hydrogen-bond acceptors (Lipinski definition) is 3. The van der Waals surface area contributed by atoms with E-state index in [2.05, 4.69) is 10.2 Å². The normalized spacial score (nSPS) is 22.2. The van der Waals surface area contributed by atoms with E-state index in [-0.39, 0.29) is 0 Å². The van der Waals surface area contributed by atoms with E-state index in [1.165, 1.54) is 14.1 Å². The van der Waals surface area contributed by atoms with Crippen LogP contribution >= 0.6 is 14.2 Å². The molecule has 68 valence electrons. The third kappa shape index (κ3) is 5.00. The summed E-state index contributed by atoms with van der Waals surface area (Å²) < 4.78 is 15.8. The molecule has 0 fully saturated rings. The van der Waals surface area contributed by atoms with Gasteiger partial charge in [0.2, 0.25) is 6.57 Å². The first kappa shape index (κ1) is 11.7. The highest BCUT2D eigenvalue weighted by atomic mass is 32.5. The van der Waals surface area contributed by atoms with Crippen molar-refractivity contribution >= 4 is 26.0 Å². The van der Waals surface area contributed by atoms with E-state index in [0.717, 1.165) is 0 Å². The van der Waals surface area contributed by atoms with Crippen LogP contribution in [0.4, 0.5) is 0 Å². The van der Waals surface area contributed by atoms with Gasteiger partial charge >= 0.3 is 7.67 Å². The Bertz CT molecular complexity index is 198. The summed E-state index contributed by atoms with van der Waals surface area (Å²) in [6.07, 6.45) is 0. The van der Waals surface area contributed by atoms with Crippen molar-refractivity contribution in [1.29, 1.82) is 0 Å². The van der Waals surface area contributed by atoms with E-state index >= 15 is 0 Å². The van der Waals surface area contributed by atoms with E-state index in [9.17, 15) is 4.57 Å². The molecule has 0 aromatic carbocycles. The third-order valence-corrected chi connectivity index (χ3v) is 5.20. The lowest BCUT2D eigenvalue weighted by molar-refractivity contribution is 0.491. The summed E-state index contributed by atoms with van der Waals surface area (Å²) in [6, 6.07) is 0. The molecule has 2 atom stereocenters. The van der Waals surface area contributed by atoms with Gasteiger partial charge in [0.15, 0.2) is 0 Å². The summed E-state index contributed by atoms with van der Waals surface area (Å²) in [4.78, 5) is 0. The van der Waals surface area contributed by atoms with Crippen LogP contribution in [0.1, 0.15) is 0 Å². The van der Waals surface area contributed by atoms with E-state index < -0.39 is 14.2 Å². The van der Waals surface area contributed by atoms with Gasteiger partial charge in [0.05, 0.1) is 0 Å². The monoisotopic (exact) mass is 218 g/mol. The van der Waals surface area contributed by atoms with Crippen molar-refractivity contribution in [2.75, 3.05) is 14.1 Å². The summed E-state index contributed by atoms with van der Waals surface area (Å²) in [6.45, 7) is -2.68. The van der Waals surface area contributed by atoms with Crippen LogP contribution in [-0.2, 0) is 20.7 Å². The predicted molar refractivity (Wildman–Crippen MR) is 49.5 cm³/mol. The zero-order chi connectivity index (χ0) is 9.12. The minimum absolute atomic E-state index is 1.41. The van der Waals surface area contributed by atoms with Crippen molar-refractivity contribution in [3.05, 3.63) is 0 Å². The number of nitrogens with one attached hydrogen (secondary N) is 2. The van der Waals surface area contributed by atoms with E-state index in [1.54, 1.807) is 0 Å². The molecule has 0 aromatic rings. The zero-order valence-corrected chi connectivity index (χ0v) is 8.88. The van der Waals surface area contributed by atoms with Crippen molar-refractivity contribution < 1.29 is 8.88 Å². The fourth-order valence-corrected chi connectivity index (χ4v) is 3.25. The predicted octanol–water partition coefficient (Wildman–Crippen LogP) is -0.308. The van der Waals surface area contributed by atoms with Crippen molar-refractivity contribution in [3.63, 3.8) is 0 Å². The van der Waals surface area contributed by atoms with Gasteiger partial charge in [-0.15, -0.1) is 0 Å². The smallest absolute Gasteiger partial charge is 0.269 e. The van der Waals surface area contributed by atoms with Crippen LogP contribution in [0.2, 0.25) is 0 Å². The molecule has 0 spiro atoms. The molecule has 0 saturated heterocycles. The van der Waals surface area contributed by atoms with E-state index in [1.807, 2.05) is 0 Å². The molecule has 6 N–H and O–H groups in total. The van der Waals surface area contributed by atoms with Gasteiger partial charge in [-0.25, -0.2) is 14.9 Å². The maximum Gasteiger partial charge on any atom is 0.343 e. The van der Waals surface area contributed by atoms with Crippen LogP contribution in [0.3, 0.4) is 0 Å². The standard InChI is InChI=1S/C2H12N4O2P2S/c1-5-9(3,7)8-10(4,11)6-2/h1-2H3,(H3,3,5,7)(H3,4,6,11). The molecule has 11 heavy (non-hydrogen) atoms. The van der Waals surface area contributed by atoms with Gasteiger partial charge in [-0.3, -0.25) is 15.2 Å². The maximum atomic E-state index is 11.0. The van der Waals surface area contributed by atoms with Gasteiger partial charge in [-0.1, -0.05) is 0 Å². The Balaban J connectivity index is 4.26. The van der Waals surface area contributed by atoms with Crippen LogP contribution in [0, 0.1) is 0 Å². The molecular weight excluding hydrogens is 206 g/mol. The highest BCUT2D eigenvalue weighted by Gasteiger charge is 2.21. The van der Waals surface area contributed by atoms with Crippen molar-refractivity contribution in [2.45, 2.75) is 0 Å². The topological polar surface area (TPSA) is 102 Å². The van der Waals surface area contributed by atoms with Gasteiger partial charge in [0, 0.05) is 0 Å². The summed E-state index contributed by atoms with van der Waals surface area (Å²) in [5, 5.41) is 4.80. The highest BCUT2D eigenvalue weighted by molar-refractivity contribution is 8.11. The third-order valence-electron chi connectivity index (χ3n) is 0.866. The quantitative estimate of drug-likeness (QED) is 0.480. The number of hydrogen-bond donors (Lipinski definition) is 4. The summed E-state index contributed by atoms with van der Waals surface area (Å²) in [7, 11) is -0.371. The zero-order valence-electron chi connectivity index (χ0n) is 6.27. The lowest BCUT2D eigenvalue weighted by Gasteiger charge is -2.19. The first-order valence-electron chi connectivity index (χ1n) is 2.69. The molecule has 0 bridgehead atoms. The second kappa shape index (κ2) is 4.07. The van der Waals surface area contributed by atoms with Gasteiger partial charge < -0.3 is 0 Å². The number of rotatable bonds is 4. The Morgan fingerprint density at radius 3 is 2.09 bits per heavy atom. The van der Waals surface area contributed by atoms with Gasteiger partial charge in [0.1, 0.15) is 0 Å². The minimum atomic E-state index is -3.30. The van der Waals surface area contributed by atoms with Crippen LogP contribution < -0.4 is 21.2 Å². The van der Waals surface area contributed by atoms with Gasteiger partial charge in [-0.05, 0) is 25.9 Å². The number of nitrogens with two attached hydrogens (primary N) is 2. The fourth-order valence-electron chi connectivity index (χ4n) is 0.262. The molecule has 6 nitrogen and oxygen atoms in total. The molecule has 0 aliphatic carbocycles. The maximum absolute atomic E-state index is 11.0. The molecule has 0 saturated carbocycles.